The first-order chi connectivity index (χ1) is 13.7. The maximum Gasteiger partial charge on any atom is 0.159 e. The number of imidazole rings is 1. The minimum absolute atomic E-state index is 0.678. The van der Waals surface area contributed by atoms with Crippen molar-refractivity contribution in [2.45, 2.75) is 27.2 Å². The second-order valence-electron chi connectivity index (χ2n) is 6.60. The van der Waals surface area contributed by atoms with Crippen molar-refractivity contribution in [1.29, 1.82) is 0 Å². The van der Waals surface area contributed by atoms with Gasteiger partial charge in [0.25, 0.3) is 0 Å². The predicted molar refractivity (Wildman–Crippen MR) is 113 cm³/mol. The zero-order chi connectivity index (χ0) is 19.5. The number of benzene rings is 1. The molecule has 0 bridgehead atoms. The van der Waals surface area contributed by atoms with Crippen molar-refractivity contribution in [3.05, 3.63) is 71.6 Å². The zero-order valence-electron chi connectivity index (χ0n) is 16.3. The monoisotopic (exact) mass is 370 g/mol. The van der Waals surface area contributed by atoms with E-state index in [2.05, 4.69) is 47.8 Å². The first-order valence-corrected chi connectivity index (χ1v) is 9.40. The van der Waals surface area contributed by atoms with Crippen LogP contribution in [0.4, 0.5) is 0 Å². The van der Waals surface area contributed by atoms with E-state index < -0.39 is 0 Å². The number of aliphatic imine (C=N–C) groups is 1. The van der Waals surface area contributed by atoms with Gasteiger partial charge in [-0.05, 0) is 38.5 Å². The van der Waals surface area contributed by atoms with Crippen LogP contribution in [-0.4, -0.2) is 37.3 Å². The van der Waals surface area contributed by atoms with Crippen LogP contribution in [0.2, 0.25) is 0 Å². The number of hydrogen-bond acceptors (Lipinski definition) is 5. The fourth-order valence-corrected chi connectivity index (χ4v) is 3.35. The van der Waals surface area contributed by atoms with Crippen LogP contribution in [0.3, 0.4) is 0 Å². The minimum atomic E-state index is 0.678. The molecule has 3 aromatic heterocycles. The summed E-state index contributed by atoms with van der Waals surface area (Å²) in [5.74, 6) is 0. The molecule has 0 aliphatic carbocycles. The molecule has 0 spiro atoms. The SMILES string of the molecule is C/C=C(\C=NCC)c1cnc2c(Cc3cccc4nnc(C)cc34)nccn12. The number of fused-ring (bicyclic) bond motifs is 2. The first kappa shape index (κ1) is 18.0. The highest BCUT2D eigenvalue weighted by Crippen LogP contribution is 2.23. The molecular weight excluding hydrogens is 348 g/mol. The van der Waals surface area contributed by atoms with Gasteiger partial charge >= 0.3 is 0 Å². The molecule has 3 heterocycles. The summed E-state index contributed by atoms with van der Waals surface area (Å²) in [4.78, 5) is 13.7. The van der Waals surface area contributed by atoms with Crippen LogP contribution < -0.4 is 0 Å². The van der Waals surface area contributed by atoms with Gasteiger partial charge in [-0.1, -0.05) is 18.2 Å². The van der Waals surface area contributed by atoms with Crippen LogP contribution in [0.5, 0.6) is 0 Å². The highest BCUT2D eigenvalue weighted by atomic mass is 15.1. The van der Waals surface area contributed by atoms with Crippen LogP contribution >= 0.6 is 0 Å². The van der Waals surface area contributed by atoms with Gasteiger partial charge in [-0.15, -0.1) is 0 Å². The Hall–Kier alpha value is -3.41. The molecule has 6 nitrogen and oxygen atoms in total. The van der Waals surface area contributed by atoms with E-state index in [-0.39, 0.29) is 0 Å². The van der Waals surface area contributed by atoms with E-state index in [1.54, 1.807) is 0 Å². The third kappa shape index (κ3) is 3.29. The average Bonchev–Trinajstić information content (AvgIpc) is 3.14. The quantitative estimate of drug-likeness (QED) is 0.497. The van der Waals surface area contributed by atoms with E-state index in [4.69, 9.17) is 0 Å². The fraction of sp³-hybridized carbons (Fsp3) is 0.227. The van der Waals surface area contributed by atoms with Gasteiger partial charge in [0.15, 0.2) is 5.65 Å². The van der Waals surface area contributed by atoms with Gasteiger partial charge in [0.2, 0.25) is 0 Å². The fourth-order valence-electron chi connectivity index (χ4n) is 3.35. The van der Waals surface area contributed by atoms with E-state index >= 15 is 0 Å². The largest absolute Gasteiger partial charge is 0.297 e. The second kappa shape index (κ2) is 7.68. The topological polar surface area (TPSA) is 68.3 Å². The molecule has 0 radical (unpaired) electrons. The Labute approximate surface area is 163 Å². The van der Waals surface area contributed by atoms with Crippen molar-refractivity contribution >= 4 is 28.3 Å². The molecular formula is C22H22N6. The van der Waals surface area contributed by atoms with Crippen molar-refractivity contribution in [2.75, 3.05) is 6.54 Å². The van der Waals surface area contributed by atoms with Gasteiger partial charge in [0.05, 0.1) is 28.8 Å². The number of aromatic nitrogens is 5. The molecule has 4 rings (SSSR count). The number of allylic oxidation sites excluding steroid dienone is 2. The van der Waals surface area contributed by atoms with Crippen molar-refractivity contribution in [1.82, 2.24) is 24.6 Å². The van der Waals surface area contributed by atoms with Crippen LogP contribution in [0, 0.1) is 6.92 Å². The Morgan fingerprint density at radius 1 is 1.21 bits per heavy atom. The number of hydrogen-bond donors (Lipinski definition) is 0. The zero-order valence-corrected chi connectivity index (χ0v) is 16.3. The van der Waals surface area contributed by atoms with Gasteiger partial charge in [0.1, 0.15) is 0 Å². The van der Waals surface area contributed by atoms with Crippen LogP contribution in [0.25, 0.3) is 22.1 Å². The molecule has 4 aromatic rings. The average molecular weight is 370 g/mol. The summed E-state index contributed by atoms with van der Waals surface area (Å²) in [6.07, 6.45) is 10.3. The lowest BCUT2D eigenvalue weighted by Crippen LogP contribution is -2.01. The summed E-state index contributed by atoms with van der Waals surface area (Å²) in [6.45, 7) is 6.75. The molecule has 0 unspecified atom stereocenters. The Balaban J connectivity index is 1.79. The maximum absolute atomic E-state index is 4.66. The van der Waals surface area contributed by atoms with E-state index in [0.29, 0.717) is 6.42 Å². The highest BCUT2D eigenvalue weighted by Gasteiger charge is 2.13. The molecule has 1 aromatic carbocycles. The van der Waals surface area contributed by atoms with Gasteiger partial charge in [0, 0.05) is 42.5 Å². The Morgan fingerprint density at radius 2 is 2.11 bits per heavy atom. The standard InChI is InChI=1S/C22H22N6/c1-4-16(13-23-5-2)21-14-25-22-20(24-9-10-28(21)22)12-17-7-6-8-19-18(17)11-15(3)26-27-19/h4,6-11,13-14H,5,12H2,1-3H3/b16-4+,23-13?. The molecule has 0 fully saturated rings. The number of nitrogens with zero attached hydrogens (tertiary/aromatic N) is 6. The predicted octanol–water partition coefficient (Wildman–Crippen LogP) is 4.07. The summed E-state index contributed by atoms with van der Waals surface area (Å²) >= 11 is 0. The van der Waals surface area contributed by atoms with Crippen LogP contribution in [-0.2, 0) is 6.42 Å². The van der Waals surface area contributed by atoms with Gasteiger partial charge in [-0.25, -0.2) is 4.98 Å². The lowest BCUT2D eigenvalue weighted by atomic mass is 10.0. The third-order valence-electron chi connectivity index (χ3n) is 4.72. The van der Waals surface area contributed by atoms with E-state index in [9.17, 15) is 0 Å². The molecule has 28 heavy (non-hydrogen) atoms. The summed E-state index contributed by atoms with van der Waals surface area (Å²) < 4.78 is 2.08. The first-order valence-electron chi connectivity index (χ1n) is 9.40. The highest BCUT2D eigenvalue weighted by molar-refractivity contribution is 6.09. The molecule has 140 valence electrons. The van der Waals surface area contributed by atoms with E-state index in [1.165, 1.54) is 5.56 Å². The molecule has 0 aliphatic heterocycles. The molecule has 0 N–H and O–H groups in total. The van der Waals surface area contributed by atoms with E-state index in [0.717, 1.165) is 45.7 Å². The lowest BCUT2D eigenvalue weighted by molar-refractivity contribution is 1.00. The Bertz CT molecular complexity index is 1200. The van der Waals surface area contributed by atoms with Crippen molar-refractivity contribution in [3.8, 4) is 0 Å². The van der Waals surface area contributed by atoms with Gasteiger partial charge in [-0.2, -0.15) is 10.2 Å². The number of aryl methyl sites for hydroxylation is 1. The van der Waals surface area contributed by atoms with Gasteiger partial charge < -0.3 is 0 Å². The normalized spacial score (nSPS) is 12.5. The molecule has 0 saturated carbocycles. The molecule has 0 atom stereocenters. The maximum atomic E-state index is 4.66. The molecule has 0 aliphatic rings. The summed E-state index contributed by atoms with van der Waals surface area (Å²) in [5, 5.41) is 9.57. The smallest absolute Gasteiger partial charge is 0.159 e. The summed E-state index contributed by atoms with van der Waals surface area (Å²) in [6, 6.07) is 8.19. The Kier molecular flexibility index (Phi) is 4.93. The van der Waals surface area contributed by atoms with Crippen molar-refractivity contribution in [2.24, 2.45) is 4.99 Å². The van der Waals surface area contributed by atoms with Crippen molar-refractivity contribution < 1.29 is 0 Å². The second-order valence-corrected chi connectivity index (χ2v) is 6.60. The van der Waals surface area contributed by atoms with E-state index in [1.807, 2.05) is 57.7 Å². The summed E-state index contributed by atoms with van der Waals surface area (Å²) in [7, 11) is 0. The van der Waals surface area contributed by atoms with Crippen molar-refractivity contribution in [3.63, 3.8) is 0 Å². The van der Waals surface area contributed by atoms with Gasteiger partial charge in [-0.3, -0.25) is 14.4 Å². The lowest BCUT2D eigenvalue weighted by Gasteiger charge is -2.08. The summed E-state index contributed by atoms with van der Waals surface area (Å²) in [5.41, 5.74) is 6.81. The molecule has 0 saturated heterocycles. The third-order valence-corrected chi connectivity index (χ3v) is 4.72. The van der Waals surface area contributed by atoms with Crippen LogP contribution in [0.15, 0.2) is 53.9 Å². The number of rotatable bonds is 5. The minimum Gasteiger partial charge on any atom is -0.297 e. The van der Waals surface area contributed by atoms with Crippen LogP contribution in [0.1, 0.15) is 36.5 Å². The molecule has 6 heteroatoms. The molecule has 0 amide bonds. The Morgan fingerprint density at radius 3 is 2.93 bits per heavy atom.